The smallest absolute Gasteiger partial charge is 0.258 e. The first-order valence-electron chi connectivity index (χ1n) is 8.73. The van der Waals surface area contributed by atoms with Crippen LogP contribution in [0.3, 0.4) is 0 Å². The average Bonchev–Trinajstić information content (AvgIpc) is 2.87. The van der Waals surface area contributed by atoms with Crippen LogP contribution >= 0.6 is 0 Å². The van der Waals surface area contributed by atoms with E-state index in [1.54, 1.807) is 34.1 Å². The Hall–Kier alpha value is -3.41. The highest BCUT2D eigenvalue weighted by molar-refractivity contribution is 6.10. The Kier molecular flexibility index (Phi) is 5.35. The second-order valence-corrected chi connectivity index (χ2v) is 6.24. The molecule has 6 heteroatoms. The highest BCUT2D eigenvalue weighted by Crippen LogP contribution is 2.33. The van der Waals surface area contributed by atoms with Crippen LogP contribution in [0, 0.1) is 0 Å². The molecule has 2 aromatic rings. The number of anilines is 3. The molecular formula is C21H21N3O3. The zero-order valence-corrected chi connectivity index (χ0v) is 15.1. The SMILES string of the molecule is C=CC(=O)Nc1ccc(C(=O)N2CCCN(C(C)=O)c3ccccc32)cc1. The number of nitrogens with zero attached hydrogens (tertiary/aromatic N) is 2. The Morgan fingerprint density at radius 2 is 1.56 bits per heavy atom. The van der Waals surface area contributed by atoms with E-state index >= 15 is 0 Å². The van der Waals surface area contributed by atoms with Crippen LogP contribution in [0.25, 0.3) is 0 Å². The molecule has 3 rings (SSSR count). The number of para-hydroxylation sites is 2. The van der Waals surface area contributed by atoms with Gasteiger partial charge < -0.3 is 15.1 Å². The van der Waals surface area contributed by atoms with Crippen LogP contribution in [0.2, 0.25) is 0 Å². The maximum absolute atomic E-state index is 13.1. The summed E-state index contributed by atoms with van der Waals surface area (Å²) in [4.78, 5) is 39.9. The molecule has 3 amide bonds. The van der Waals surface area contributed by atoms with E-state index < -0.39 is 0 Å². The van der Waals surface area contributed by atoms with Gasteiger partial charge >= 0.3 is 0 Å². The largest absolute Gasteiger partial charge is 0.323 e. The van der Waals surface area contributed by atoms with Crippen LogP contribution in [0.1, 0.15) is 23.7 Å². The molecule has 1 aliphatic heterocycles. The van der Waals surface area contributed by atoms with Crippen molar-refractivity contribution in [1.82, 2.24) is 0 Å². The Morgan fingerprint density at radius 3 is 2.15 bits per heavy atom. The summed E-state index contributed by atoms with van der Waals surface area (Å²) in [6.45, 7) is 6.04. The van der Waals surface area contributed by atoms with Crippen molar-refractivity contribution < 1.29 is 14.4 Å². The number of hydrogen-bond acceptors (Lipinski definition) is 3. The minimum atomic E-state index is -0.306. The fraction of sp³-hybridized carbons (Fsp3) is 0.190. The van der Waals surface area contributed by atoms with Gasteiger partial charge in [0.2, 0.25) is 11.8 Å². The van der Waals surface area contributed by atoms with Crippen molar-refractivity contribution >= 4 is 34.8 Å². The molecule has 0 saturated carbocycles. The third-order valence-electron chi connectivity index (χ3n) is 4.44. The molecule has 0 aromatic heterocycles. The predicted octanol–water partition coefficient (Wildman–Crippen LogP) is 3.21. The molecule has 0 bridgehead atoms. The number of benzene rings is 2. The van der Waals surface area contributed by atoms with Crippen molar-refractivity contribution in [3.8, 4) is 0 Å². The van der Waals surface area contributed by atoms with Crippen LogP contribution in [0.5, 0.6) is 0 Å². The summed E-state index contributed by atoms with van der Waals surface area (Å²) in [5, 5.41) is 2.66. The van der Waals surface area contributed by atoms with Gasteiger partial charge in [-0.15, -0.1) is 0 Å². The van der Waals surface area contributed by atoms with E-state index in [9.17, 15) is 14.4 Å². The van der Waals surface area contributed by atoms with Crippen molar-refractivity contribution in [2.75, 3.05) is 28.2 Å². The van der Waals surface area contributed by atoms with E-state index in [4.69, 9.17) is 0 Å². The second kappa shape index (κ2) is 7.86. The number of carbonyl (C=O) groups excluding carboxylic acids is 3. The van der Waals surface area contributed by atoms with Gasteiger partial charge in [0.1, 0.15) is 0 Å². The van der Waals surface area contributed by atoms with Crippen molar-refractivity contribution in [3.05, 3.63) is 66.7 Å². The zero-order chi connectivity index (χ0) is 19.4. The summed E-state index contributed by atoms with van der Waals surface area (Å²) in [6, 6.07) is 14.1. The molecule has 1 aliphatic rings. The molecule has 0 unspecified atom stereocenters. The molecule has 0 aliphatic carbocycles. The van der Waals surface area contributed by atoms with E-state index in [1.165, 1.54) is 13.0 Å². The second-order valence-electron chi connectivity index (χ2n) is 6.24. The van der Waals surface area contributed by atoms with Gasteiger partial charge in [-0.3, -0.25) is 14.4 Å². The molecule has 138 valence electrons. The Bertz CT molecular complexity index is 890. The summed E-state index contributed by atoms with van der Waals surface area (Å²) >= 11 is 0. The summed E-state index contributed by atoms with van der Waals surface area (Å²) in [5.41, 5.74) is 2.57. The molecule has 1 N–H and O–H groups in total. The molecule has 0 atom stereocenters. The first-order chi connectivity index (χ1) is 13.0. The maximum atomic E-state index is 13.1. The third kappa shape index (κ3) is 3.89. The molecule has 6 nitrogen and oxygen atoms in total. The van der Waals surface area contributed by atoms with Crippen LogP contribution in [-0.2, 0) is 9.59 Å². The number of nitrogens with one attached hydrogen (secondary N) is 1. The van der Waals surface area contributed by atoms with Gasteiger partial charge in [-0.2, -0.15) is 0 Å². The quantitative estimate of drug-likeness (QED) is 0.852. The highest BCUT2D eigenvalue weighted by atomic mass is 16.2. The van der Waals surface area contributed by atoms with Gasteiger partial charge in [-0.05, 0) is 48.9 Å². The standard InChI is InChI=1S/C21H21N3O3/c1-3-20(26)22-17-11-9-16(10-12-17)21(27)24-14-6-13-23(15(2)25)18-7-4-5-8-19(18)24/h3-5,7-12H,1,6,13-14H2,2H3,(H,22,26). The van der Waals surface area contributed by atoms with Gasteiger partial charge in [-0.25, -0.2) is 0 Å². The van der Waals surface area contributed by atoms with Crippen LogP contribution in [0.15, 0.2) is 61.2 Å². The number of carbonyl (C=O) groups is 3. The van der Waals surface area contributed by atoms with Gasteiger partial charge in [0.25, 0.3) is 5.91 Å². The topological polar surface area (TPSA) is 69.7 Å². The summed E-state index contributed by atoms with van der Waals surface area (Å²) in [7, 11) is 0. The molecular weight excluding hydrogens is 342 g/mol. The van der Waals surface area contributed by atoms with Gasteiger partial charge in [-0.1, -0.05) is 18.7 Å². The van der Waals surface area contributed by atoms with Gasteiger partial charge in [0, 0.05) is 31.3 Å². The molecule has 0 radical (unpaired) electrons. The molecule has 2 aromatic carbocycles. The van der Waals surface area contributed by atoms with Crippen molar-refractivity contribution in [3.63, 3.8) is 0 Å². The highest BCUT2D eigenvalue weighted by Gasteiger charge is 2.26. The number of amides is 3. The fourth-order valence-corrected chi connectivity index (χ4v) is 3.13. The fourth-order valence-electron chi connectivity index (χ4n) is 3.13. The summed E-state index contributed by atoms with van der Waals surface area (Å²) < 4.78 is 0. The first-order valence-corrected chi connectivity index (χ1v) is 8.73. The van der Waals surface area contributed by atoms with Gasteiger partial charge in [0.15, 0.2) is 0 Å². The van der Waals surface area contributed by atoms with Gasteiger partial charge in [0.05, 0.1) is 11.4 Å². The van der Waals surface area contributed by atoms with Crippen LogP contribution in [-0.4, -0.2) is 30.8 Å². The Balaban J connectivity index is 1.89. The molecule has 1 heterocycles. The number of fused-ring (bicyclic) bond motifs is 1. The molecule has 0 saturated heterocycles. The van der Waals surface area contributed by atoms with E-state index in [-0.39, 0.29) is 17.7 Å². The minimum absolute atomic E-state index is 0.0425. The molecule has 27 heavy (non-hydrogen) atoms. The number of hydrogen-bond donors (Lipinski definition) is 1. The lowest BCUT2D eigenvalue weighted by Gasteiger charge is -2.25. The average molecular weight is 363 g/mol. The normalized spacial score (nSPS) is 13.4. The van der Waals surface area contributed by atoms with E-state index in [2.05, 4.69) is 11.9 Å². The van der Waals surface area contributed by atoms with Crippen molar-refractivity contribution in [2.24, 2.45) is 0 Å². The first kappa shape index (κ1) is 18.4. The van der Waals surface area contributed by atoms with Crippen LogP contribution < -0.4 is 15.1 Å². The lowest BCUT2D eigenvalue weighted by atomic mass is 10.1. The minimum Gasteiger partial charge on any atom is -0.323 e. The zero-order valence-electron chi connectivity index (χ0n) is 15.1. The van der Waals surface area contributed by atoms with Crippen molar-refractivity contribution in [1.29, 1.82) is 0 Å². The molecule has 0 fully saturated rings. The lowest BCUT2D eigenvalue weighted by Crippen LogP contribution is -2.31. The molecule has 0 spiro atoms. The van der Waals surface area contributed by atoms with E-state index in [1.807, 2.05) is 24.3 Å². The third-order valence-corrected chi connectivity index (χ3v) is 4.44. The Labute approximate surface area is 158 Å². The van der Waals surface area contributed by atoms with E-state index in [0.29, 0.717) is 30.8 Å². The monoisotopic (exact) mass is 363 g/mol. The maximum Gasteiger partial charge on any atom is 0.258 e. The van der Waals surface area contributed by atoms with Crippen molar-refractivity contribution in [2.45, 2.75) is 13.3 Å². The summed E-state index contributed by atoms with van der Waals surface area (Å²) in [5.74, 6) is -0.492. The number of rotatable bonds is 3. The lowest BCUT2D eigenvalue weighted by molar-refractivity contribution is -0.116. The summed E-state index contributed by atoms with van der Waals surface area (Å²) in [6.07, 6.45) is 1.88. The van der Waals surface area contributed by atoms with Crippen LogP contribution in [0.4, 0.5) is 17.1 Å². The van der Waals surface area contributed by atoms with E-state index in [0.717, 1.165) is 11.4 Å². The predicted molar refractivity (Wildman–Crippen MR) is 106 cm³/mol. The Morgan fingerprint density at radius 1 is 0.963 bits per heavy atom.